The molecule has 2 N–H and O–H groups in total. The Bertz CT molecular complexity index is 558. The maximum atomic E-state index is 6.01. The minimum absolute atomic E-state index is 0.568. The van der Waals surface area contributed by atoms with Gasteiger partial charge in [-0.15, -0.1) is 0 Å². The second-order valence-corrected chi connectivity index (χ2v) is 5.56. The molecule has 0 atom stereocenters. The smallest absolute Gasteiger partial charge is 0.128 e. The summed E-state index contributed by atoms with van der Waals surface area (Å²) in [5.74, 6) is 1.49. The number of pyridine rings is 1. The molecule has 2 rings (SSSR count). The van der Waals surface area contributed by atoms with Crippen molar-refractivity contribution in [2.45, 2.75) is 25.9 Å². The third-order valence-corrected chi connectivity index (χ3v) is 3.61. The zero-order chi connectivity index (χ0) is 14.4. The van der Waals surface area contributed by atoms with Gasteiger partial charge in [0.05, 0.1) is 13.2 Å². The highest BCUT2D eigenvalue weighted by Crippen LogP contribution is 2.22. The van der Waals surface area contributed by atoms with Crippen LogP contribution in [0.1, 0.15) is 22.4 Å². The van der Waals surface area contributed by atoms with E-state index in [9.17, 15) is 0 Å². The summed E-state index contributed by atoms with van der Waals surface area (Å²) < 4.78 is 5.81. The van der Waals surface area contributed by atoms with Crippen LogP contribution in [0.4, 0.5) is 5.82 Å². The fourth-order valence-electron chi connectivity index (χ4n) is 2.09. The largest absolute Gasteiger partial charge is 0.383 e. The number of thioether (sulfide) groups is 1. The Kier molecular flexibility index (Phi) is 5.44. The van der Waals surface area contributed by atoms with Gasteiger partial charge < -0.3 is 10.5 Å². The number of nitrogen functional groups attached to an aromatic ring is 1. The van der Waals surface area contributed by atoms with Gasteiger partial charge in [-0.25, -0.2) is 4.98 Å². The Balaban J connectivity index is 2.05. The van der Waals surface area contributed by atoms with Crippen LogP contribution in [0.2, 0.25) is 0 Å². The molecule has 4 heteroatoms. The highest BCUT2D eigenvalue weighted by molar-refractivity contribution is 7.97. The molecule has 0 aliphatic carbocycles. The topological polar surface area (TPSA) is 48.1 Å². The molecule has 1 aromatic carbocycles. The first-order valence-corrected chi connectivity index (χ1v) is 7.95. The van der Waals surface area contributed by atoms with Crippen LogP contribution in [-0.4, -0.2) is 11.2 Å². The Labute approximate surface area is 124 Å². The molecule has 0 bridgehead atoms. The van der Waals surface area contributed by atoms with Crippen LogP contribution in [0.25, 0.3) is 0 Å². The normalized spacial score (nSPS) is 10.7. The molecular formula is C16H20N2OS. The summed E-state index contributed by atoms with van der Waals surface area (Å²) in [5, 5.41) is 0. The lowest BCUT2D eigenvalue weighted by atomic mass is 10.1. The average molecular weight is 288 g/mol. The van der Waals surface area contributed by atoms with Crippen LogP contribution in [0.15, 0.2) is 36.4 Å². The average Bonchev–Trinajstić information content (AvgIpc) is 2.43. The van der Waals surface area contributed by atoms with Crippen molar-refractivity contribution >= 4 is 17.6 Å². The first kappa shape index (κ1) is 14.9. The Morgan fingerprint density at radius 2 is 1.95 bits per heavy atom. The van der Waals surface area contributed by atoms with Crippen molar-refractivity contribution < 1.29 is 4.74 Å². The van der Waals surface area contributed by atoms with Crippen molar-refractivity contribution in [1.82, 2.24) is 4.98 Å². The van der Waals surface area contributed by atoms with Crippen molar-refractivity contribution in [3.63, 3.8) is 0 Å². The van der Waals surface area contributed by atoms with E-state index in [1.54, 1.807) is 11.8 Å². The van der Waals surface area contributed by atoms with E-state index in [2.05, 4.69) is 29.4 Å². The first-order valence-electron chi connectivity index (χ1n) is 6.56. The lowest BCUT2D eigenvalue weighted by molar-refractivity contribution is 0.106. The number of hydrogen-bond acceptors (Lipinski definition) is 4. The molecule has 0 aliphatic rings. The van der Waals surface area contributed by atoms with Gasteiger partial charge in [0.15, 0.2) is 0 Å². The molecule has 0 aliphatic heterocycles. The van der Waals surface area contributed by atoms with Crippen molar-refractivity contribution in [2.24, 2.45) is 0 Å². The number of benzene rings is 1. The Morgan fingerprint density at radius 1 is 1.20 bits per heavy atom. The Hall–Kier alpha value is -1.52. The third-order valence-electron chi connectivity index (χ3n) is 3.03. The summed E-state index contributed by atoms with van der Waals surface area (Å²) >= 11 is 1.74. The number of nitrogens with zero attached hydrogens (tertiary/aromatic N) is 1. The number of ether oxygens (including phenoxy) is 1. The maximum Gasteiger partial charge on any atom is 0.128 e. The lowest BCUT2D eigenvalue weighted by Crippen LogP contribution is -2.05. The molecule has 0 unspecified atom stereocenters. The van der Waals surface area contributed by atoms with Crippen molar-refractivity contribution in [2.75, 3.05) is 12.0 Å². The van der Waals surface area contributed by atoms with E-state index in [1.807, 2.05) is 25.1 Å². The van der Waals surface area contributed by atoms with Gasteiger partial charge in [0.25, 0.3) is 0 Å². The van der Waals surface area contributed by atoms with Crippen LogP contribution >= 0.6 is 11.8 Å². The van der Waals surface area contributed by atoms with Crippen molar-refractivity contribution in [1.29, 1.82) is 0 Å². The predicted octanol–water partition coefficient (Wildman–Crippen LogP) is 3.55. The summed E-state index contributed by atoms with van der Waals surface area (Å²) in [6.45, 7) is 3.14. The molecule has 0 fully saturated rings. The van der Waals surface area contributed by atoms with E-state index in [0.29, 0.717) is 19.0 Å². The molecule has 0 spiro atoms. The van der Waals surface area contributed by atoms with E-state index < -0.39 is 0 Å². The molecule has 0 saturated carbocycles. The summed E-state index contributed by atoms with van der Waals surface area (Å²) in [5.41, 5.74) is 10.4. The van der Waals surface area contributed by atoms with Crippen molar-refractivity contribution in [3.05, 3.63) is 58.8 Å². The molecule has 1 aromatic heterocycles. The molecular weight excluding hydrogens is 268 g/mol. The molecule has 2 aromatic rings. The van der Waals surface area contributed by atoms with Gasteiger partial charge in [0.2, 0.25) is 0 Å². The SMILES string of the molecule is CSCc1c(COCc2ccccc2)cc(C)nc1N. The highest BCUT2D eigenvalue weighted by Gasteiger charge is 2.09. The van der Waals surface area contributed by atoms with Gasteiger partial charge in [-0.3, -0.25) is 0 Å². The van der Waals surface area contributed by atoms with Gasteiger partial charge in [-0.2, -0.15) is 11.8 Å². The van der Waals surface area contributed by atoms with Crippen molar-refractivity contribution in [3.8, 4) is 0 Å². The molecule has 0 amide bonds. The van der Waals surface area contributed by atoms with Gasteiger partial charge in [-0.05, 0) is 30.4 Å². The number of aromatic nitrogens is 1. The number of rotatable bonds is 6. The first-order chi connectivity index (χ1) is 9.70. The summed E-state index contributed by atoms with van der Waals surface area (Å²) in [7, 11) is 0. The standard InChI is InChI=1S/C16H20N2OS/c1-12-8-14(15(11-20-2)16(17)18-12)10-19-9-13-6-4-3-5-7-13/h3-8H,9-11H2,1-2H3,(H2,17,18). The summed E-state index contributed by atoms with van der Waals surface area (Å²) in [6.07, 6.45) is 2.06. The molecule has 0 radical (unpaired) electrons. The quantitative estimate of drug-likeness (QED) is 0.883. The van der Waals surface area contributed by atoms with Gasteiger partial charge in [0.1, 0.15) is 5.82 Å². The number of anilines is 1. The molecule has 0 saturated heterocycles. The van der Waals surface area contributed by atoms with Gasteiger partial charge in [0, 0.05) is 17.0 Å². The molecule has 20 heavy (non-hydrogen) atoms. The second kappa shape index (κ2) is 7.31. The van der Waals surface area contributed by atoms with Gasteiger partial charge in [-0.1, -0.05) is 30.3 Å². The third kappa shape index (κ3) is 3.99. The van der Waals surface area contributed by atoms with E-state index >= 15 is 0 Å². The molecule has 1 heterocycles. The summed E-state index contributed by atoms with van der Waals surface area (Å²) in [4.78, 5) is 4.33. The van der Waals surface area contributed by atoms with E-state index in [0.717, 1.165) is 22.6 Å². The van der Waals surface area contributed by atoms with E-state index in [-0.39, 0.29) is 0 Å². The summed E-state index contributed by atoms with van der Waals surface area (Å²) in [6, 6.07) is 12.2. The molecule has 106 valence electrons. The van der Waals surface area contributed by atoms with E-state index in [1.165, 1.54) is 5.56 Å². The van der Waals surface area contributed by atoms with Crippen LogP contribution in [0.3, 0.4) is 0 Å². The highest BCUT2D eigenvalue weighted by atomic mass is 32.2. The van der Waals surface area contributed by atoms with Crippen LogP contribution in [0.5, 0.6) is 0 Å². The Morgan fingerprint density at radius 3 is 2.65 bits per heavy atom. The minimum atomic E-state index is 0.568. The van der Waals surface area contributed by atoms with E-state index in [4.69, 9.17) is 10.5 Å². The fraction of sp³-hybridized carbons (Fsp3) is 0.312. The maximum absolute atomic E-state index is 6.01. The van der Waals surface area contributed by atoms with Crippen LogP contribution in [-0.2, 0) is 23.7 Å². The second-order valence-electron chi connectivity index (χ2n) is 4.70. The minimum Gasteiger partial charge on any atom is -0.383 e. The van der Waals surface area contributed by atoms with Gasteiger partial charge >= 0.3 is 0 Å². The number of hydrogen-bond donors (Lipinski definition) is 1. The lowest BCUT2D eigenvalue weighted by Gasteiger charge is -2.12. The fourth-order valence-corrected chi connectivity index (χ4v) is 2.71. The predicted molar refractivity (Wildman–Crippen MR) is 85.5 cm³/mol. The monoisotopic (exact) mass is 288 g/mol. The number of aryl methyl sites for hydroxylation is 1. The molecule has 3 nitrogen and oxygen atoms in total. The van der Waals surface area contributed by atoms with Crippen LogP contribution in [0, 0.1) is 6.92 Å². The zero-order valence-corrected chi connectivity index (χ0v) is 12.7. The number of nitrogens with two attached hydrogens (primary N) is 1. The van der Waals surface area contributed by atoms with Crippen LogP contribution < -0.4 is 5.73 Å². The zero-order valence-electron chi connectivity index (χ0n) is 11.9.